The Kier molecular flexibility index (Phi) is 5.00. The third-order valence-corrected chi connectivity index (χ3v) is 3.37. The maximum Gasteiger partial charge on any atom is 0.203 e. The smallest absolute Gasteiger partial charge is 0.203 e. The van der Waals surface area contributed by atoms with Crippen LogP contribution in [0.2, 0.25) is 0 Å². The Balaban J connectivity index is 2.56. The first-order chi connectivity index (χ1) is 10.3. The van der Waals surface area contributed by atoms with Gasteiger partial charge in [0.2, 0.25) is 5.75 Å². The van der Waals surface area contributed by atoms with E-state index in [1.807, 2.05) is 31.3 Å². The van der Waals surface area contributed by atoms with Crippen LogP contribution < -0.4 is 19.5 Å². The van der Waals surface area contributed by atoms with E-state index in [0.717, 1.165) is 11.1 Å². The van der Waals surface area contributed by atoms with E-state index in [1.165, 1.54) is 0 Å². The minimum atomic E-state index is -0.0252. The topological polar surface area (TPSA) is 52.6 Å². The van der Waals surface area contributed by atoms with Crippen LogP contribution in [0.3, 0.4) is 0 Å². The van der Waals surface area contributed by atoms with E-state index in [1.54, 1.807) is 33.7 Å². The minimum Gasteiger partial charge on any atom is -0.493 e. The molecule has 0 spiro atoms. The molecule has 21 heavy (non-hydrogen) atoms. The highest BCUT2D eigenvalue weighted by Gasteiger charge is 2.22. The number of aromatic nitrogens is 1. The quantitative estimate of drug-likeness (QED) is 0.884. The zero-order valence-electron chi connectivity index (χ0n) is 12.7. The molecule has 1 heterocycles. The monoisotopic (exact) mass is 288 g/mol. The molecule has 1 N–H and O–H groups in total. The van der Waals surface area contributed by atoms with Crippen LogP contribution >= 0.6 is 0 Å². The van der Waals surface area contributed by atoms with Crippen LogP contribution in [0.1, 0.15) is 17.2 Å². The fourth-order valence-corrected chi connectivity index (χ4v) is 2.41. The molecule has 1 aromatic heterocycles. The van der Waals surface area contributed by atoms with Crippen LogP contribution in [-0.4, -0.2) is 33.4 Å². The van der Waals surface area contributed by atoms with Crippen LogP contribution in [0.15, 0.2) is 36.7 Å². The molecular formula is C16H20N2O3. The van der Waals surface area contributed by atoms with Crippen molar-refractivity contribution in [3.63, 3.8) is 0 Å². The Hall–Kier alpha value is -2.27. The Labute approximate surface area is 124 Å². The van der Waals surface area contributed by atoms with E-state index in [9.17, 15) is 0 Å². The van der Waals surface area contributed by atoms with E-state index in [0.29, 0.717) is 17.2 Å². The summed E-state index contributed by atoms with van der Waals surface area (Å²) in [7, 11) is 6.74. The van der Waals surface area contributed by atoms with E-state index in [4.69, 9.17) is 14.2 Å². The van der Waals surface area contributed by atoms with E-state index >= 15 is 0 Å². The number of nitrogens with one attached hydrogen (secondary N) is 1. The predicted octanol–water partition coefficient (Wildman–Crippen LogP) is 2.42. The lowest BCUT2D eigenvalue weighted by Gasteiger charge is -2.22. The van der Waals surface area contributed by atoms with Crippen molar-refractivity contribution in [2.24, 2.45) is 0 Å². The molecule has 0 aliphatic heterocycles. The lowest BCUT2D eigenvalue weighted by atomic mass is 9.98. The number of hydrogen-bond donors (Lipinski definition) is 1. The van der Waals surface area contributed by atoms with Gasteiger partial charge in [-0.25, -0.2) is 0 Å². The fourth-order valence-electron chi connectivity index (χ4n) is 2.41. The number of ether oxygens (including phenoxy) is 3. The molecule has 0 aliphatic rings. The second-order valence-corrected chi connectivity index (χ2v) is 4.43. The first-order valence-corrected chi connectivity index (χ1v) is 6.62. The van der Waals surface area contributed by atoms with Crippen molar-refractivity contribution in [3.05, 3.63) is 47.8 Å². The van der Waals surface area contributed by atoms with Gasteiger partial charge in [0.05, 0.1) is 27.4 Å². The van der Waals surface area contributed by atoms with Gasteiger partial charge < -0.3 is 19.5 Å². The predicted molar refractivity (Wildman–Crippen MR) is 81.2 cm³/mol. The summed E-state index contributed by atoms with van der Waals surface area (Å²) in [6, 6.07) is 7.77. The average Bonchev–Trinajstić information content (AvgIpc) is 2.55. The molecule has 5 heteroatoms. The highest BCUT2D eigenvalue weighted by atomic mass is 16.5. The van der Waals surface area contributed by atoms with Crippen LogP contribution in [0, 0.1) is 0 Å². The lowest BCUT2D eigenvalue weighted by molar-refractivity contribution is 0.320. The summed E-state index contributed by atoms with van der Waals surface area (Å²) < 4.78 is 16.3. The summed E-state index contributed by atoms with van der Waals surface area (Å²) in [6.45, 7) is 0. The molecular weight excluding hydrogens is 268 g/mol. The maximum absolute atomic E-state index is 5.55. The Morgan fingerprint density at radius 3 is 2.10 bits per heavy atom. The van der Waals surface area contributed by atoms with Gasteiger partial charge in [0.15, 0.2) is 11.5 Å². The van der Waals surface area contributed by atoms with E-state index in [-0.39, 0.29) is 6.04 Å². The summed E-state index contributed by atoms with van der Waals surface area (Å²) in [6.07, 6.45) is 3.54. The molecule has 0 amide bonds. The first kappa shape index (κ1) is 15.1. The molecule has 1 unspecified atom stereocenters. The number of nitrogens with zero attached hydrogens (tertiary/aromatic N) is 1. The summed E-state index contributed by atoms with van der Waals surface area (Å²) in [5, 5.41) is 3.29. The standard InChI is InChI=1S/C16H20N2O3/c1-17-14(11-7-9-18-10-8-11)12-5-6-13(19-2)16(21-4)15(12)20-3/h5-10,14,17H,1-4H3. The van der Waals surface area contributed by atoms with Gasteiger partial charge in [0.25, 0.3) is 0 Å². The molecule has 112 valence electrons. The number of rotatable bonds is 6. The van der Waals surface area contributed by atoms with Gasteiger partial charge in [0.1, 0.15) is 0 Å². The van der Waals surface area contributed by atoms with Crippen molar-refractivity contribution in [2.75, 3.05) is 28.4 Å². The van der Waals surface area contributed by atoms with Gasteiger partial charge in [0, 0.05) is 18.0 Å². The van der Waals surface area contributed by atoms with Gasteiger partial charge in [-0.05, 0) is 36.9 Å². The summed E-state index contributed by atoms with van der Waals surface area (Å²) in [5.74, 6) is 1.89. The van der Waals surface area contributed by atoms with Crippen molar-refractivity contribution in [1.82, 2.24) is 10.3 Å². The average molecular weight is 288 g/mol. The summed E-state index contributed by atoms with van der Waals surface area (Å²) >= 11 is 0. The summed E-state index contributed by atoms with van der Waals surface area (Å²) in [5.41, 5.74) is 2.07. The number of methoxy groups -OCH3 is 3. The molecule has 0 saturated carbocycles. The van der Waals surface area contributed by atoms with Crippen LogP contribution in [0.5, 0.6) is 17.2 Å². The lowest BCUT2D eigenvalue weighted by Crippen LogP contribution is -2.18. The van der Waals surface area contributed by atoms with Gasteiger partial charge in [-0.15, -0.1) is 0 Å². The van der Waals surface area contributed by atoms with Crippen molar-refractivity contribution in [2.45, 2.75) is 6.04 Å². The van der Waals surface area contributed by atoms with Gasteiger partial charge in [-0.3, -0.25) is 4.98 Å². The highest BCUT2D eigenvalue weighted by Crippen LogP contribution is 2.43. The Morgan fingerprint density at radius 1 is 0.905 bits per heavy atom. The molecule has 2 aromatic rings. The second kappa shape index (κ2) is 6.95. The van der Waals surface area contributed by atoms with Gasteiger partial charge in [-0.2, -0.15) is 0 Å². The van der Waals surface area contributed by atoms with Crippen LogP contribution in [-0.2, 0) is 0 Å². The third-order valence-electron chi connectivity index (χ3n) is 3.37. The number of pyridine rings is 1. The zero-order valence-corrected chi connectivity index (χ0v) is 12.7. The maximum atomic E-state index is 5.55. The zero-order chi connectivity index (χ0) is 15.2. The van der Waals surface area contributed by atoms with Crippen LogP contribution in [0.25, 0.3) is 0 Å². The fraction of sp³-hybridized carbons (Fsp3) is 0.312. The molecule has 0 aliphatic carbocycles. The minimum absolute atomic E-state index is 0.0252. The van der Waals surface area contributed by atoms with E-state index < -0.39 is 0 Å². The highest BCUT2D eigenvalue weighted by molar-refractivity contribution is 5.58. The molecule has 0 fully saturated rings. The number of benzene rings is 1. The molecule has 0 radical (unpaired) electrons. The first-order valence-electron chi connectivity index (χ1n) is 6.62. The van der Waals surface area contributed by atoms with Crippen molar-refractivity contribution in [1.29, 1.82) is 0 Å². The second-order valence-electron chi connectivity index (χ2n) is 4.43. The SMILES string of the molecule is CNC(c1ccncc1)c1ccc(OC)c(OC)c1OC. The normalized spacial score (nSPS) is 11.8. The Bertz CT molecular complexity index is 588. The molecule has 1 aromatic carbocycles. The van der Waals surface area contributed by atoms with Crippen molar-refractivity contribution >= 4 is 0 Å². The Morgan fingerprint density at radius 2 is 1.57 bits per heavy atom. The van der Waals surface area contributed by atoms with E-state index in [2.05, 4.69) is 10.3 Å². The molecule has 0 bridgehead atoms. The number of hydrogen-bond acceptors (Lipinski definition) is 5. The molecule has 2 rings (SSSR count). The molecule has 0 saturated heterocycles. The largest absolute Gasteiger partial charge is 0.493 e. The van der Waals surface area contributed by atoms with Gasteiger partial charge in [-0.1, -0.05) is 0 Å². The van der Waals surface area contributed by atoms with Crippen molar-refractivity contribution < 1.29 is 14.2 Å². The summed E-state index contributed by atoms with van der Waals surface area (Å²) in [4.78, 5) is 4.06. The molecule has 5 nitrogen and oxygen atoms in total. The molecule has 1 atom stereocenters. The van der Waals surface area contributed by atoms with Crippen LogP contribution in [0.4, 0.5) is 0 Å². The third kappa shape index (κ3) is 2.92. The van der Waals surface area contributed by atoms with Crippen molar-refractivity contribution in [3.8, 4) is 17.2 Å². The van der Waals surface area contributed by atoms with Gasteiger partial charge >= 0.3 is 0 Å².